The van der Waals surface area contributed by atoms with E-state index >= 15 is 0 Å². The minimum Gasteiger partial charge on any atom is -0.330 e. The van der Waals surface area contributed by atoms with E-state index in [0.717, 1.165) is 43.7 Å². The highest BCUT2D eigenvalue weighted by molar-refractivity contribution is 5.82. The van der Waals surface area contributed by atoms with Crippen molar-refractivity contribution in [3.05, 3.63) is 41.8 Å². The molecule has 2 N–H and O–H groups in total. The highest BCUT2D eigenvalue weighted by Gasteiger charge is 2.20. The summed E-state index contributed by atoms with van der Waals surface area (Å²) < 4.78 is 13.8. The lowest BCUT2D eigenvalue weighted by Gasteiger charge is -2.32. The van der Waals surface area contributed by atoms with E-state index in [1.807, 2.05) is 6.07 Å². The molecule has 0 aliphatic carbocycles. The van der Waals surface area contributed by atoms with Crippen LogP contribution in [0.5, 0.6) is 0 Å². The van der Waals surface area contributed by atoms with Crippen LogP contribution in [-0.4, -0.2) is 29.5 Å². The third kappa shape index (κ3) is 3.22. The SMILES string of the molecule is NCCC1CCCN(Cc2ccc(F)c3cccnc23)C1. The summed E-state index contributed by atoms with van der Waals surface area (Å²) in [7, 11) is 0. The second-order valence-electron chi connectivity index (χ2n) is 5.93. The maximum absolute atomic E-state index is 13.8. The highest BCUT2D eigenvalue weighted by atomic mass is 19.1. The normalized spacial score (nSPS) is 20.0. The third-order valence-corrected chi connectivity index (χ3v) is 4.37. The lowest BCUT2D eigenvalue weighted by Crippen LogP contribution is -2.35. The van der Waals surface area contributed by atoms with E-state index in [9.17, 15) is 4.39 Å². The Morgan fingerprint density at radius 3 is 3.10 bits per heavy atom. The molecule has 0 saturated carbocycles. The number of piperidine rings is 1. The van der Waals surface area contributed by atoms with E-state index in [0.29, 0.717) is 11.3 Å². The van der Waals surface area contributed by atoms with E-state index in [4.69, 9.17) is 5.73 Å². The van der Waals surface area contributed by atoms with Crippen LogP contribution in [0.2, 0.25) is 0 Å². The van der Waals surface area contributed by atoms with Crippen LogP contribution in [0.25, 0.3) is 10.9 Å². The lowest BCUT2D eigenvalue weighted by molar-refractivity contribution is 0.163. The number of rotatable bonds is 4. The van der Waals surface area contributed by atoms with Crippen molar-refractivity contribution in [2.24, 2.45) is 11.7 Å². The number of fused-ring (bicyclic) bond motifs is 1. The molecule has 1 saturated heterocycles. The molecule has 0 bridgehead atoms. The average Bonchev–Trinajstić information content (AvgIpc) is 2.51. The zero-order valence-electron chi connectivity index (χ0n) is 12.3. The molecule has 1 fully saturated rings. The molecular weight excluding hydrogens is 265 g/mol. The van der Waals surface area contributed by atoms with Crippen LogP contribution in [0, 0.1) is 11.7 Å². The largest absolute Gasteiger partial charge is 0.330 e. The van der Waals surface area contributed by atoms with E-state index in [2.05, 4.69) is 9.88 Å². The van der Waals surface area contributed by atoms with Crippen LogP contribution in [-0.2, 0) is 6.54 Å². The number of aromatic nitrogens is 1. The third-order valence-electron chi connectivity index (χ3n) is 4.37. The summed E-state index contributed by atoms with van der Waals surface area (Å²) in [6, 6.07) is 7.01. The molecule has 1 aromatic carbocycles. The summed E-state index contributed by atoms with van der Waals surface area (Å²) in [5, 5.41) is 0.616. The number of hydrogen-bond donors (Lipinski definition) is 1. The van der Waals surface area contributed by atoms with Crippen molar-refractivity contribution in [3.63, 3.8) is 0 Å². The molecule has 4 heteroatoms. The zero-order chi connectivity index (χ0) is 14.7. The zero-order valence-corrected chi connectivity index (χ0v) is 12.3. The standard InChI is InChI=1S/C17H22FN3/c18-16-6-5-14(17-15(16)4-1-9-20-17)12-21-10-2-3-13(11-21)7-8-19/h1,4-6,9,13H,2-3,7-8,10-12,19H2. The molecule has 21 heavy (non-hydrogen) atoms. The van der Waals surface area contributed by atoms with Gasteiger partial charge in [-0.25, -0.2) is 4.39 Å². The van der Waals surface area contributed by atoms with E-state index in [-0.39, 0.29) is 5.82 Å². The molecule has 1 aliphatic heterocycles. The molecule has 3 nitrogen and oxygen atoms in total. The minimum atomic E-state index is -0.193. The monoisotopic (exact) mass is 287 g/mol. The molecule has 2 aromatic rings. The van der Waals surface area contributed by atoms with Gasteiger partial charge >= 0.3 is 0 Å². The number of likely N-dealkylation sites (tertiary alicyclic amines) is 1. The van der Waals surface area contributed by atoms with Crippen molar-refractivity contribution in [2.75, 3.05) is 19.6 Å². The van der Waals surface area contributed by atoms with Gasteiger partial charge < -0.3 is 5.73 Å². The molecule has 0 spiro atoms. The quantitative estimate of drug-likeness (QED) is 0.940. The molecule has 1 atom stereocenters. The van der Waals surface area contributed by atoms with Gasteiger partial charge in [0.25, 0.3) is 0 Å². The van der Waals surface area contributed by atoms with Crippen molar-refractivity contribution in [1.82, 2.24) is 9.88 Å². The van der Waals surface area contributed by atoms with Gasteiger partial charge in [-0.3, -0.25) is 9.88 Å². The van der Waals surface area contributed by atoms with Gasteiger partial charge in [-0.1, -0.05) is 6.07 Å². The molecule has 112 valence electrons. The van der Waals surface area contributed by atoms with Gasteiger partial charge in [0.15, 0.2) is 0 Å². The van der Waals surface area contributed by atoms with E-state index < -0.39 is 0 Å². The van der Waals surface area contributed by atoms with Gasteiger partial charge in [-0.05, 0) is 62.0 Å². The van der Waals surface area contributed by atoms with Gasteiger partial charge in [0.2, 0.25) is 0 Å². The van der Waals surface area contributed by atoms with Gasteiger partial charge in [0, 0.05) is 24.7 Å². The van der Waals surface area contributed by atoms with Crippen LogP contribution in [0.4, 0.5) is 4.39 Å². The highest BCUT2D eigenvalue weighted by Crippen LogP contribution is 2.24. The molecule has 1 aliphatic rings. The summed E-state index contributed by atoms with van der Waals surface area (Å²) >= 11 is 0. The topological polar surface area (TPSA) is 42.1 Å². The van der Waals surface area contributed by atoms with Crippen molar-refractivity contribution in [2.45, 2.75) is 25.8 Å². The second-order valence-corrected chi connectivity index (χ2v) is 5.93. The summed E-state index contributed by atoms with van der Waals surface area (Å²) in [5.74, 6) is 0.505. The average molecular weight is 287 g/mol. The maximum atomic E-state index is 13.8. The molecule has 1 aromatic heterocycles. The van der Waals surface area contributed by atoms with Gasteiger partial charge in [0.1, 0.15) is 5.82 Å². The van der Waals surface area contributed by atoms with Crippen LogP contribution >= 0.6 is 0 Å². The Kier molecular flexibility index (Phi) is 4.46. The smallest absolute Gasteiger partial charge is 0.132 e. The Morgan fingerprint density at radius 1 is 1.33 bits per heavy atom. The predicted octanol–water partition coefficient (Wildman–Crippen LogP) is 2.93. The van der Waals surface area contributed by atoms with Crippen LogP contribution in [0.1, 0.15) is 24.8 Å². The number of hydrogen-bond acceptors (Lipinski definition) is 3. The number of pyridine rings is 1. The molecule has 0 amide bonds. The number of nitrogens with two attached hydrogens (primary N) is 1. The molecule has 2 heterocycles. The maximum Gasteiger partial charge on any atom is 0.132 e. The summed E-state index contributed by atoms with van der Waals surface area (Å²) in [5.41, 5.74) is 7.58. The lowest BCUT2D eigenvalue weighted by atomic mass is 9.94. The number of halogens is 1. The Morgan fingerprint density at radius 2 is 2.24 bits per heavy atom. The van der Waals surface area contributed by atoms with E-state index in [1.165, 1.54) is 12.8 Å². The minimum absolute atomic E-state index is 0.193. The van der Waals surface area contributed by atoms with Gasteiger partial charge in [-0.15, -0.1) is 0 Å². The predicted molar refractivity (Wildman–Crippen MR) is 83.4 cm³/mol. The van der Waals surface area contributed by atoms with E-state index in [1.54, 1.807) is 24.4 Å². The van der Waals surface area contributed by atoms with Crippen LogP contribution in [0.3, 0.4) is 0 Å². The van der Waals surface area contributed by atoms with Crippen LogP contribution < -0.4 is 5.73 Å². The van der Waals surface area contributed by atoms with Crippen molar-refractivity contribution in [3.8, 4) is 0 Å². The molecule has 3 rings (SSSR count). The Hall–Kier alpha value is -1.52. The van der Waals surface area contributed by atoms with Gasteiger partial charge in [-0.2, -0.15) is 0 Å². The Balaban J connectivity index is 1.80. The first-order valence-corrected chi connectivity index (χ1v) is 7.72. The summed E-state index contributed by atoms with van der Waals surface area (Å²) in [4.78, 5) is 6.83. The molecule has 1 unspecified atom stereocenters. The first-order chi connectivity index (χ1) is 10.3. The summed E-state index contributed by atoms with van der Waals surface area (Å²) in [6.45, 7) is 3.80. The van der Waals surface area contributed by atoms with Crippen molar-refractivity contribution in [1.29, 1.82) is 0 Å². The fourth-order valence-electron chi connectivity index (χ4n) is 3.33. The second kappa shape index (κ2) is 6.50. The summed E-state index contributed by atoms with van der Waals surface area (Å²) in [6.07, 6.45) is 5.32. The molecule has 0 radical (unpaired) electrons. The number of nitrogens with zero attached hydrogens (tertiary/aromatic N) is 2. The fourth-order valence-corrected chi connectivity index (χ4v) is 3.33. The first-order valence-electron chi connectivity index (χ1n) is 7.72. The Labute approximate surface area is 125 Å². The Bertz CT molecular complexity index is 612. The first kappa shape index (κ1) is 14.4. The van der Waals surface area contributed by atoms with Crippen molar-refractivity contribution < 1.29 is 4.39 Å². The van der Waals surface area contributed by atoms with Crippen molar-refractivity contribution >= 4 is 10.9 Å². The van der Waals surface area contributed by atoms with Gasteiger partial charge in [0.05, 0.1) is 5.52 Å². The molecular formula is C17H22FN3. The number of benzene rings is 1. The van der Waals surface area contributed by atoms with Crippen LogP contribution in [0.15, 0.2) is 30.5 Å². The fraction of sp³-hybridized carbons (Fsp3) is 0.471.